The van der Waals surface area contributed by atoms with E-state index in [0.717, 1.165) is 32.7 Å². The zero-order valence-corrected chi connectivity index (χ0v) is 10.9. The lowest BCUT2D eigenvalue weighted by Crippen LogP contribution is -2.46. The van der Waals surface area contributed by atoms with Gasteiger partial charge in [0.05, 0.1) is 17.1 Å². The summed E-state index contributed by atoms with van der Waals surface area (Å²) in [6, 6.07) is 3.16. The topological polar surface area (TPSA) is 59.0 Å². The number of hydrogen-bond acceptors (Lipinski definition) is 4. The molecule has 3 rings (SSSR count). The van der Waals surface area contributed by atoms with Crippen LogP contribution in [0.15, 0.2) is 17.1 Å². The highest BCUT2D eigenvalue weighted by Gasteiger charge is 2.22. The van der Waals surface area contributed by atoms with Gasteiger partial charge < -0.3 is 15.5 Å². The molecule has 0 bridgehead atoms. The lowest BCUT2D eigenvalue weighted by molar-refractivity contribution is 0.270. The molecule has 2 heterocycles. The van der Waals surface area contributed by atoms with Gasteiger partial charge in [0.2, 0.25) is 5.96 Å². The Kier molecular flexibility index (Phi) is 3.02. The number of aliphatic imine (C=N–C) groups is 1. The van der Waals surface area contributed by atoms with Crippen LogP contribution >= 0.6 is 0 Å². The fourth-order valence-corrected chi connectivity index (χ4v) is 2.54. The molecule has 1 aromatic carbocycles. The van der Waals surface area contributed by atoms with Crippen LogP contribution in [0.5, 0.6) is 0 Å². The zero-order valence-electron chi connectivity index (χ0n) is 10.9. The molecule has 0 spiro atoms. The SMILES string of the molecule is CCN1CCN(c2cc3c(cc2F)[N]C(N)=N3)CC1. The van der Waals surface area contributed by atoms with E-state index in [9.17, 15) is 4.39 Å². The summed E-state index contributed by atoms with van der Waals surface area (Å²) in [5.41, 5.74) is 7.32. The van der Waals surface area contributed by atoms with E-state index in [0.29, 0.717) is 17.1 Å². The number of likely N-dealkylation sites (N-methyl/N-ethyl adjacent to an activating group) is 1. The third-order valence-corrected chi connectivity index (χ3v) is 3.67. The Balaban J connectivity index is 1.84. The zero-order chi connectivity index (χ0) is 13.4. The number of rotatable bonds is 2. The van der Waals surface area contributed by atoms with Gasteiger partial charge in [-0.2, -0.15) is 0 Å². The lowest BCUT2D eigenvalue weighted by Gasteiger charge is -2.35. The first-order chi connectivity index (χ1) is 9.17. The van der Waals surface area contributed by atoms with Crippen molar-refractivity contribution in [2.45, 2.75) is 6.92 Å². The van der Waals surface area contributed by atoms with Gasteiger partial charge in [0.25, 0.3) is 0 Å². The molecule has 6 heteroatoms. The van der Waals surface area contributed by atoms with Crippen LogP contribution in [-0.2, 0) is 0 Å². The number of fused-ring (bicyclic) bond motifs is 1. The second-order valence-corrected chi connectivity index (χ2v) is 4.80. The summed E-state index contributed by atoms with van der Waals surface area (Å²) >= 11 is 0. The fraction of sp³-hybridized carbons (Fsp3) is 0.462. The van der Waals surface area contributed by atoms with Crippen molar-refractivity contribution in [3.05, 3.63) is 17.9 Å². The van der Waals surface area contributed by atoms with Gasteiger partial charge in [-0.15, -0.1) is 0 Å². The molecule has 5 nitrogen and oxygen atoms in total. The fourth-order valence-electron chi connectivity index (χ4n) is 2.54. The van der Waals surface area contributed by atoms with Crippen LogP contribution in [0.3, 0.4) is 0 Å². The molecule has 0 aromatic heterocycles. The van der Waals surface area contributed by atoms with Gasteiger partial charge in [-0.1, -0.05) is 6.92 Å². The molecule has 0 unspecified atom stereocenters. The van der Waals surface area contributed by atoms with Gasteiger partial charge in [-0.05, 0) is 12.6 Å². The molecule has 0 atom stereocenters. The Labute approximate surface area is 111 Å². The van der Waals surface area contributed by atoms with Crippen LogP contribution in [0, 0.1) is 5.82 Å². The Hall–Kier alpha value is -1.82. The van der Waals surface area contributed by atoms with Gasteiger partial charge in [0, 0.05) is 32.2 Å². The Morgan fingerprint density at radius 3 is 2.63 bits per heavy atom. The van der Waals surface area contributed by atoms with Crippen molar-refractivity contribution in [3.63, 3.8) is 0 Å². The minimum Gasteiger partial charge on any atom is -0.368 e. The van der Waals surface area contributed by atoms with Gasteiger partial charge in [-0.25, -0.2) is 14.7 Å². The van der Waals surface area contributed by atoms with Crippen molar-refractivity contribution in [2.75, 3.05) is 37.6 Å². The van der Waals surface area contributed by atoms with Gasteiger partial charge in [0.15, 0.2) is 0 Å². The molecule has 1 fully saturated rings. The quantitative estimate of drug-likeness (QED) is 0.870. The summed E-state index contributed by atoms with van der Waals surface area (Å²) in [6.45, 7) is 6.77. The van der Waals surface area contributed by atoms with Crippen molar-refractivity contribution in [1.82, 2.24) is 10.2 Å². The third kappa shape index (κ3) is 2.23. The molecular weight excluding hydrogens is 245 g/mol. The maximum atomic E-state index is 14.1. The Morgan fingerprint density at radius 2 is 1.95 bits per heavy atom. The predicted molar refractivity (Wildman–Crippen MR) is 73.8 cm³/mol. The second-order valence-electron chi connectivity index (χ2n) is 4.80. The molecule has 0 aliphatic carbocycles. The average Bonchev–Trinajstić information content (AvgIpc) is 2.77. The van der Waals surface area contributed by atoms with Crippen LogP contribution in [0.1, 0.15) is 6.92 Å². The highest BCUT2D eigenvalue weighted by Crippen LogP contribution is 2.36. The smallest absolute Gasteiger partial charge is 0.221 e. The summed E-state index contributed by atoms with van der Waals surface area (Å²) in [4.78, 5) is 8.52. The van der Waals surface area contributed by atoms with Crippen LogP contribution in [0.4, 0.5) is 21.5 Å². The Morgan fingerprint density at radius 1 is 1.21 bits per heavy atom. The van der Waals surface area contributed by atoms with Crippen molar-refractivity contribution in [3.8, 4) is 0 Å². The first-order valence-corrected chi connectivity index (χ1v) is 6.54. The maximum absolute atomic E-state index is 14.1. The van der Waals surface area contributed by atoms with E-state index in [2.05, 4.69) is 27.0 Å². The van der Waals surface area contributed by atoms with Crippen LogP contribution in [0.2, 0.25) is 0 Å². The van der Waals surface area contributed by atoms with Crippen LogP contribution in [0.25, 0.3) is 0 Å². The standard InChI is InChI=1S/C13H17FN5/c1-2-18-3-5-19(6-4-18)12-8-11-10(7-9(12)14)16-13(15)17-11/h7-8H,2-6H2,1H3,(H2,15,17). The third-order valence-electron chi connectivity index (χ3n) is 3.67. The molecule has 0 amide bonds. The minimum absolute atomic E-state index is 0.197. The van der Waals surface area contributed by atoms with Crippen molar-refractivity contribution in [1.29, 1.82) is 0 Å². The first-order valence-electron chi connectivity index (χ1n) is 6.54. The molecule has 1 saturated heterocycles. The van der Waals surface area contributed by atoms with E-state index in [4.69, 9.17) is 5.73 Å². The average molecular weight is 262 g/mol. The molecule has 1 aromatic rings. The normalized spacial score (nSPS) is 19.1. The molecular formula is C13H17FN5. The van der Waals surface area contributed by atoms with Crippen LogP contribution < -0.4 is 16.0 Å². The molecule has 2 aliphatic rings. The van der Waals surface area contributed by atoms with Crippen molar-refractivity contribution in [2.24, 2.45) is 10.7 Å². The van der Waals surface area contributed by atoms with Gasteiger partial charge in [0.1, 0.15) is 5.82 Å². The van der Waals surface area contributed by atoms with E-state index in [1.54, 1.807) is 6.07 Å². The van der Waals surface area contributed by atoms with E-state index < -0.39 is 0 Å². The van der Waals surface area contributed by atoms with Crippen molar-refractivity contribution < 1.29 is 4.39 Å². The second kappa shape index (κ2) is 4.70. The number of anilines is 1. The number of guanidine groups is 1. The van der Waals surface area contributed by atoms with Gasteiger partial charge >= 0.3 is 0 Å². The number of piperazine rings is 1. The predicted octanol–water partition coefficient (Wildman–Crippen LogP) is 1.16. The molecule has 1 radical (unpaired) electrons. The summed E-state index contributed by atoms with van der Waals surface area (Å²) in [5, 5.41) is 3.99. The first kappa shape index (κ1) is 12.2. The number of benzene rings is 1. The molecule has 0 saturated carbocycles. The summed E-state index contributed by atoms with van der Waals surface area (Å²) in [7, 11) is 0. The molecule has 101 valence electrons. The van der Waals surface area contributed by atoms with Crippen LogP contribution in [-0.4, -0.2) is 43.6 Å². The van der Waals surface area contributed by atoms with Crippen molar-refractivity contribution >= 4 is 23.0 Å². The van der Waals surface area contributed by atoms with E-state index >= 15 is 0 Å². The highest BCUT2D eigenvalue weighted by atomic mass is 19.1. The monoisotopic (exact) mass is 262 g/mol. The van der Waals surface area contributed by atoms with E-state index in [1.807, 2.05) is 0 Å². The molecule has 19 heavy (non-hydrogen) atoms. The molecule has 2 aliphatic heterocycles. The number of halogens is 1. The lowest BCUT2D eigenvalue weighted by atomic mass is 10.2. The number of hydrogen-bond donors (Lipinski definition) is 1. The summed E-state index contributed by atoms with van der Waals surface area (Å²) < 4.78 is 14.1. The summed E-state index contributed by atoms with van der Waals surface area (Å²) in [6.07, 6.45) is 0. The van der Waals surface area contributed by atoms with Gasteiger partial charge in [-0.3, -0.25) is 0 Å². The minimum atomic E-state index is -0.252. The van der Waals surface area contributed by atoms with E-state index in [-0.39, 0.29) is 11.8 Å². The summed E-state index contributed by atoms with van der Waals surface area (Å²) in [5.74, 6) is -0.0558. The number of nitrogens with two attached hydrogens (primary N) is 1. The largest absolute Gasteiger partial charge is 0.368 e. The molecule has 2 N–H and O–H groups in total. The Bertz CT molecular complexity index is 520. The van der Waals surface area contributed by atoms with E-state index in [1.165, 1.54) is 6.07 Å². The highest BCUT2D eigenvalue weighted by molar-refractivity contribution is 5.94. The number of nitrogens with zero attached hydrogens (tertiary/aromatic N) is 4. The maximum Gasteiger partial charge on any atom is 0.221 e.